The lowest BCUT2D eigenvalue weighted by molar-refractivity contribution is 0.0951. The van der Waals surface area contributed by atoms with Crippen LogP contribution in [0, 0.1) is 6.92 Å². The molecule has 0 saturated carbocycles. The Bertz CT molecular complexity index is 1310. The summed E-state index contributed by atoms with van der Waals surface area (Å²) in [5, 5.41) is 4.95. The number of nitrogens with two attached hydrogens (primary N) is 1. The van der Waals surface area contributed by atoms with Crippen LogP contribution >= 0.6 is 20.8 Å². The Kier molecular flexibility index (Phi) is 11.2. The Labute approximate surface area is 240 Å². The number of aliphatic imine (C=N–C) groups is 1. The molecule has 2 aliphatic rings. The fourth-order valence-electron chi connectivity index (χ4n) is 4.55. The molecule has 3 rings (SSSR count). The third-order valence-electron chi connectivity index (χ3n) is 6.90. The van der Waals surface area contributed by atoms with Crippen LogP contribution in [-0.2, 0) is 0 Å². The van der Waals surface area contributed by atoms with E-state index in [2.05, 4.69) is 32.6 Å². The van der Waals surface area contributed by atoms with Gasteiger partial charge in [-0.05, 0) is 75.5 Å². The van der Waals surface area contributed by atoms with Crippen LogP contribution in [0.3, 0.4) is 0 Å². The Morgan fingerprint density at radius 1 is 1.31 bits per heavy atom. The molecule has 0 aromatic heterocycles. The molecule has 2 atom stereocenters. The topological polar surface area (TPSA) is 70.7 Å². The normalized spacial score (nSPS) is 17.4. The number of carbonyl (C=O) groups is 1. The van der Waals surface area contributed by atoms with E-state index in [1.807, 2.05) is 63.3 Å². The summed E-state index contributed by atoms with van der Waals surface area (Å²) in [6.45, 7) is 16.5. The van der Waals surface area contributed by atoms with Gasteiger partial charge in [0.05, 0.1) is 17.4 Å². The van der Waals surface area contributed by atoms with Gasteiger partial charge in [-0.2, -0.15) is 0 Å². The maximum absolute atomic E-state index is 13.5. The monoisotopic (exact) mass is 562 g/mol. The van der Waals surface area contributed by atoms with Crippen LogP contribution < -0.4 is 11.1 Å². The summed E-state index contributed by atoms with van der Waals surface area (Å²) in [6, 6.07) is 5.22. The van der Waals surface area contributed by atoms with Crippen molar-refractivity contribution >= 4 is 38.2 Å². The maximum atomic E-state index is 13.5. The van der Waals surface area contributed by atoms with Crippen molar-refractivity contribution in [2.24, 2.45) is 10.7 Å². The Balaban J connectivity index is 1.88. The molecule has 0 spiro atoms. The Morgan fingerprint density at radius 3 is 2.69 bits per heavy atom. The molecule has 1 aromatic carbocycles. The van der Waals surface area contributed by atoms with E-state index in [1.165, 1.54) is 18.2 Å². The van der Waals surface area contributed by atoms with Crippen molar-refractivity contribution in [3.63, 3.8) is 0 Å². The van der Waals surface area contributed by atoms with Crippen LogP contribution in [0.25, 0.3) is 5.70 Å². The first kappa shape index (κ1) is 30.4. The third kappa shape index (κ3) is 8.42. The molecule has 1 amide bonds. The van der Waals surface area contributed by atoms with Gasteiger partial charge in [-0.1, -0.05) is 60.4 Å². The van der Waals surface area contributed by atoms with E-state index in [-0.39, 0.29) is 5.91 Å². The summed E-state index contributed by atoms with van der Waals surface area (Å²) < 4.78 is 0. The van der Waals surface area contributed by atoms with Gasteiger partial charge in [0.2, 0.25) is 0 Å². The second-order valence-electron chi connectivity index (χ2n) is 9.91. The van der Waals surface area contributed by atoms with Gasteiger partial charge < -0.3 is 16.0 Å². The summed E-state index contributed by atoms with van der Waals surface area (Å²) in [7, 11) is 2.72. The molecule has 1 saturated heterocycles. The number of nitrogens with one attached hydrogen (secondary N) is 1. The van der Waals surface area contributed by atoms with Gasteiger partial charge in [0.15, 0.2) is 0 Å². The van der Waals surface area contributed by atoms with Crippen molar-refractivity contribution in [3.8, 4) is 0 Å². The molecule has 2 unspecified atom stereocenters. The zero-order valence-electron chi connectivity index (χ0n) is 23.3. The highest BCUT2D eigenvalue weighted by atomic mass is 35.5. The van der Waals surface area contributed by atoms with E-state index in [0.717, 1.165) is 36.3 Å². The van der Waals surface area contributed by atoms with E-state index < -0.39 is 6.04 Å². The van der Waals surface area contributed by atoms with Crippen LogP contribution in [0.2, 0.25) is 0 Å². The quantitative estimate of drug-likeness (QED) is 0.181. The lowest BCUT2D eigenvalue weighted by Crippen LogP contribution is -2.41. The number of aryl methyl sites for hydroxylation is 1. The summed E-state index contributed by atoms with van der Waals surface area (Å²) in [5.41, 5.74) is 12.3. The van der Waals surface area contributed by atoms with Gasteiger partial charge in [-0.15, -0.1) is 9.24 Å². The third-order valence-corrected chi connectivity index (χ3v) is 7.74. The van der Waals surface area contributed by atoms with Gasteiger partial charge >= 0.3 is 0 Å². The van der Waals surface area contributed by atoms with Gasteiger partial charge in [0, 0.05) is 47.1 Å². The van der Waals surface area contributed by atoms with Gasteiger partial charge in [0.25, 0.3) is 5.91 Å². The van der Waals surface area contributed by atoms with Gasteiger partial charge in [-0.3, -0.25) is 9.79 Å². The van der Waals surface area contributed by atoms with Crippen LogP contribution in [0.5, 0.6) is 0 Å². The van der Waals surface area contributed by atoms with E-state index >= 15 is 0 Å². The molecule has 1 aromatic rings. The molecule has 3 N–H and O–H groups in total. The highest BCUT2D eigenvalue weighted by Gasteiger charge is 2.21. The van der Waals surface area contributed by atoms with Crippen molar-refractivity contribution in [2.45, 2.75) is 52.5 Å². The number of nitrogens with zero attached hydrogens (tertiary/aromatic N) is 2. The molecule has 0 radical (unpaired) electrons. The fraction of sp³-hybridized carbons (Fsp3) is 0.312. The van der Waals surface area contributed by atoms with Crippen molar-refractivity contribution < 1.29 is 4.79 Å². The van der Waals surface area contributed by atoms with Crippen molar-refractivity contribution in [1.82, 2.24) is 10.2 Å². The van der Waals surface area contributed by atoms with E-state index in [9.17, 15) is 4.79 Å². The molecule has 39 heavy (non-hydrogen) atoms. The average Bonchev–Trinajstić information content (AvgIpc) is 3.40. The number of likely N-dealkylation sites (tertiary alicyclic amines) is 1. The van der Waals surface area contributed by atoms with Crippen LogP contribution in [0.15, 0.2) is 100 Å². The molecule has 1 fully saturated rings. The largest absolute Gasteiger partial charge is 0.397 e. The first-order valence-electron chi connectivity index (χ1n) is 13.3. The Morgan fingerprint density at radius 2 is 2.03 bits per heavy atom. The molecule has 0 bridgehead atoms. The SMILES string of the molecule is C=C(/C=C\C/C(P)=C\C)C(NC(=O)c1ccc(C(=C)N2CCCC2)c(C)c1)C(C)=NC1=C(N)C=CCC(Cl)=C1. The molecule has 1 aliphatic carbocycles. The zero-order chi connectivity index (χ0) is 28.5. The van der Waals surface area contributed by atoms with Gasteiger partial charge in [0.1, 0.15) is 0 Å². The first-order chi connectivity index (χ1) is 18.6. The van der Waals surface area contributed by atoms with Crippen molar-refractivity contribution in [3.05, 3.63) is 112 Å². The second-order valence-corrected chi connectivity index (χ2v) is 11.1. The lowest BCUT2D eigenvalue weighted by Gasteiger charge is -2.23. The minimum Gasteiger partial charge on any atom is -0.397 e. The summed E-state index contributed by atoms with van der Waals surface area (Å²) >= 11 is 6.31. The molecule has 1 heterocycles. The predicted molar refractivity (Wildman–Crippen MR) is 171 cm³/mol. The minimum atomic E-state index is -0.536. The first-order valence-corrected chi connectivity index (χ1v) is 14.3. The number of allylic oxidation sites excluding steroid dienone is 7. The molecule has 7 heteroatoms. The number of rotatable bonds is 10. The standard InChI is InChI=1S/C32H40ClN4OP/c1-6-27(39)13-9-11-21(2)31(23(4)35-30-20-26(33)12-10-14-29(30)34)36-32(38)25-15-16-28(22(3)19-25)24(5)37-17-7-8-18-37/h6,9-11,14-16,19-20,31H,2,5,7-8,12-13,17-18,34,39H2,1,3-4H3,(H,36,38)/b11-9-,27-6+,35-23?. The Hall–Kier alpha value is -3.14. The summed E-state index contributed by atoms with van der Waals surface area (Å²) in [5.74, 6) is -0.206. The van der Waals surface area contributed by atoms with E-state index in [4.69, 9.17) is 22.3 Å². The molecule has 1 aliphatic heterocycles. The molecular weight excluding hydrogens is 523 g/mol. The fourth-order valence-corrected chi connectivity index (χ4v) is 4.88. The van der Waals surface area contributed by atoms with E-state index in [0.29, 0.717) is 39.7 Å². The number of benzene rings is 1. The highest BCUT2D eigenvalue weighted by Crippen LogP contribution is 2.26. The second kappa shape index (κ2) is 14.3. The minimum absolute atomic E-state index is 0.206. The number of amides is 1. The number of halogens is 1. The number of hydrogen-bond acceptors (Lipinski definition) is 4. The van der Waals surface area contributed by atoms with E-state index in [1.54, 1.807) is 12.2 Å². The maximum Gasteiger partial charge on any atom is 0.252 e. The smallest absolute Gasteiger partial charge is 0.252 e. The number of carbonyl (C=O) groups excluding carboxylic acids is 1. The molecule has 206 valence electrons. The predicted octanol–water partition coefficient (Wildman–Crippen LogP) is 7.16. The van der Waals surface area contributed by atoms with Crippen LogP contribution in [0.1, 0.15) is 61.0 Å². The highest BCUT2D eigenvalue weighted by molar-refractivity contribution is 7.22. The lowest BCUT2D eigenvalue weighted by atomic mass is 10.00. The number of hydrogen-bond donors (Lipinski definition) is 2. The summed E-state index contributed by atoms with van der Waals surface area (Å²) in [4.78, 5) is 20.6. The molecular formula is C32H40ClN4OP. The van der Waals surface area contributed by atoms with Crippen molar-refractivity contribution in [2.75, 3.05) is 13.1 Å². The van der Waals surface area contributed by atoms with Crippen LogP contribution in [0.4, 0.5) is 0 Å². The average molecular weight is 563 g/mol. The zero-order valence-corrected chi connectivity index (χ0v) is 25.2. The van der Waals surface area contributed by atoms with Gasteiger partial charge in [-0.25, -0.2) is 0 Å². The van der Waals surface area contributed by atoms with Crippen LogP contribution in [-0.4, -0.2) is 35.7 Å². The van der Waals surface area contributed by atoms with Crippen molar-refractivity contribution in [1.29, 1.82) is 0 Å². The molecule has 5 nitrogen and oxygen atoms in total. The summed E-state index contributed by atoms with van der Waals surface area (Å²) in [6.07, 6.45) is 15.2.